The average molecular weight is 364 g/mol. The van der Waals surface area contributed by atoms with Gasteiger partial charge >= 0.3 is 0 Å². The minimum Gasteiger partial charge on any atom is -0.376 e. The molecule has 3 N–H and O–H groups in total. The third-order valence-electron chi connectivity index (χ3n) is 3.93. The maximum absolute atomic E-state index is 12.2. The minimum absolute atomic E-state index is 0.0643. The summed E-state index contributed by atoms with van der Waals surface area (Å²) in [4.78, 5) is 19.0. The molecule has 2 aromatic rings. The molecule has 1 atom stereocenters. The number of hydrogen-bond donors (Lipinski definition) is 3. The number of rotatable bonds is 7. The third kappa shape index (κ3) is 4.65. The van der Waals surface area contributed by atoms with E-state index in [1.165, 1.54) is 24.3 Å². The van der Waals surface area contributed by atoms with Crippen molar-refractivity contribution in [3.63, 3.8) is 0 Å². The van der Waals surface area contributed by atoms with Crippen molar-refractivity contribution in [2.75, 3.05) is 13.2 Å². The van der Waals surface area contributed by atoms with E-state index in [4.69, 9.17) is 4.74 Å². The van der Waals surface area contributed by atoms with Crippen LogP contribution in [0.3, 0.4) is 0 Å². The van der Waals surface area contributed by atoms with Gasteiger partial charge in [0.25, 0.3) is 5.91 Å². The van der Waals surface area contributed by atoms with E-state index in [9.17, 15) is 13.2 Å². The fourth-order valence-corrected chi connectivity index (χ4v) is 3.53. The summed E-state index contributed by atoms with van der Waals surface area (Å²) in [6.07, 6.45) is 5.19. The highest BCUT2D eigenvalue weighted by atomic mass is 32.2. The Morgan fingerprint density at radius 1 is 1.32 bits per heavy atom. The topological polar surface area (TPSA) is 113 Å². The van der Waals surface area contributed by atoms with E-state index in [2.05, 4.69) is 20.0 Å². The zero-order chi connectivity index (χ0) is 17.7. The monoisotopic (exact) mass is 364 g/mol. The Bertz CT molecular complexity index is 797. The summed E-state index contributed by atoms with van der Waals surface area (Å²) in [5, 5.41) is 2.80. The fraction of sp³-hybridized carbons (Fsp3) is 0.375. The standard InChI is InChI=1S/C16H20N4O4S/c21-16(19-10-13-2-1-9-24-13)12-3-5-14(6-4-12)25(22,23)20-11-15-17-7-8-18-15/h3-8,13,20H,1-2,9-11H2,(H,17,18)(H,19,21)/t13-/m0/s1. The third-order valence-corrected chi connectivity index (χ3v) is 5.34. The number of benzene rings is 1. The number of H-pyrrole nitrogens is 1. The molecule has 9 heteroatoms. The highest BCUT2D eigenvalue weighted by molar-refractivity contribution is 7.89. The maximum atomic E-state index is 12.2. The van der Waals surface area contributed by atoms with Gasteiger partial charge in [-0.3, -0.25) is 4.79 Å². The van der Waals surface area contributed by atoms with Crippen LogP contribution in [0.2, 0.25) is 0 Å². The summed E-state index contributed by atoms with van der Waals surface area (Å²) in [5.41, 5.74) is 0.406. The number of imidazole rings is 1. The molecule has 0 spiro atoms. The molecule has 1 aromatic heterocycles. The normalized spacial score (nSPS) is 17.5. The highest BCUT2D eigenvalue weighted by Crippen LogP contribution is 2.13. The molecule has 2 heterocycles. The van der Waals surface area contributed by atoms with Crippen molar-refractivity contribution in [2.45, 2.75) is 30.4 Å². The summed E-state index contributed by atoms with van der Waals surface area (Å²) < 4.78 is 32.4. The largest absolute Gasteiger partial charge is 0.376 e. The van der Waals surface area contributed by atoms with Crippen LogP contribution in [0.5, 0.6) is 0 Å². The molecule has 1 amide bonds. The summed E-state index contributed by atoms with van der Waals surface area (Å²) in [6, 6.07) is 5.80. The van der Waals surface area contributed by atoms with Crippen LogP contribution < -0.4 is 10.0 Å². The lowest BCUT2D eigenvalue weighted by molar-refractivity contribution is 0.0857. The van der Waals surface area contributed by atoms with E-state index < -0.39 is 10.0 Å². The van der Waals surface area contributed by atoms with E-state index in [1.807, 2.05) is 0 Å². The lowest BCUT2D eigenvalue weighted by atomic mass is 10.2. The smallest absolute Gasteiger partial charge is 0.251 e. The van der Waals surface area contributed by atoms with E-state index in [0.29, 0.717) is 17.9 Å². The molecule has 1 saturated heterocycles. The summed E-state index contributed by atoms with van der Waals surface area (Å²) in [5.74, 6) is 0.275. The van der Waals surface area contributed by atoms with E-state index in [1.54, 1.807) is 12.4 Å². The van der Waals surface area contributed by atoms with Gasteiger partial charge in [0.2, 0.25) is 10.0 Å². The van der Waals surface area contributed by atoms with Crippen molar-refractivity contribution in [1.82, 2.24) is 20.0 Å². The molecule has 3 rings (SSSR count). The van der Waals surface area contributed by atoms with Crippen molar-refractivity contribution in [1.29, 1.82) is 0 Å². The first-order chi connectivity index (χ1) is 12.0. The van der Waals surface area contributed by atoms with Gasteiger partial charge in [0.1, 0.15) is 5.82 Å². The van der Waals surface area contributed by atoms with Crippen molar-refractivity contribution in [2.24, 2.45) is 0 Å². The van der Waals surface area contributed by atoms with Crippen molar-refractivity contribution >= 4 is 15.9 Å². The second-order valence-corrected chi connectivity index (χ2v) is 7.50. The van der Waals surface area contributed by atoms with Gasteiger partial charge in [-0.1, -0.05) is 0 Å². The molecular formula is C16H20N4O4S. The molecule has 0 bridgehead atoms. The number of ether oxygens (including phenoxy) is 1. The molecule has 0 radical (unpaired) electrons. The maximum Gasteiger partial charge on any atom is 0.251 e. The number of hydrogen-bond acceptors (Lipinski definition) is 5. The van der Waals surface area contributed by atoms with Gasteiger partial charge in [0.15, 0.2) is 0 Å². The number of sulfonamides is 1. The Labute approximate surface area is 146 Å². The molecule has 1 aliphatic heterocycles. The van der Waals surface area contributed by atoms with Gasteiger partial charge < -0.3 is 15.0 Å². The molecule has 8 nitrogen and oxygen atoms in total. The SMILES string of the molecule is O=C(NC[C@@H]1CCCO1)c1ccc(S(=O)(=O)NCc2ncc[nH]2)cc1. The second-order valence-electron chi connectivity index (χ2n) is 5.73. The average Bonchev–Trinajstić information content (AvgIpc) is 3.31. The summed E-state index contributed by atoms with van der Waals surface area (Å²) in [6.45, 7) is 1.26. The molecule has 0 aliphatic carbocycles. The molecule has 1 aromatic carbocycles. The number of amides is 1. The lowest BCUT2D eigenvalue weighted by Gasteiger charge is -2.11. The Morgan fingerprint density at radius 2 is 2.12 bits per heavy atom. The van der Waals surface area contributed by atoms with Crippen molar-refractivity contribution < 1.29 is 17.9 Å². The second kappa shape index (κ2) is 7.77. The van der Waals surface area contributed by atoms with Gasteiger partial charge in [0, 0.05) is 31.1 Å². The first-order valence-corrected chi connectivity index (χ1v) is 9.51. The van der Waals surface area contributed by atoms with Gasteiger partial charge in [-0.15, -0.1) is 0 Å². The van der Waals surface area contributed by atoms with Crippen LogP contribution in [-0.4, -0.2) is 43.5 Å². The Hall–Kier alpha value is -2.23. The quantitative estimate of drug-likeness (QED) is 0.672. The van der Waals surface area contributed by atoms with Gasteiger partial charge in [-0.05, 0) is 37.1 Å². The van der Waals surface area contributed by atoms with E-state index in [-0.39, 0.29) is 23.5 Å². The zero-order valence-corrected chi connectivity index (χ0v) is 14.4. The van der Waals surface area contributed by atoms with Gasteiger partial charge in [0.05, 0.1) is 17.5 Å². The predicted molar refractivity (Wildman–Crippen MR) is 90.4 cm³/mol. The van der Waals surface area contributed by atoms with Crippen LogP contribution in [-0.2, 0) is 21.3 Å². The first-order valence-electron chi connectivity index (χ1n) is 8.02. The van der Waals surface area contributed by atoms with Crippen LogP contribution in [0.15, 0.2) is 41.6 Å². The molecular weight excluding hydrogens is 344 g/mol. The number of nitrogens with zero attached hydrogens (tertiary/aromatic N) is 1. The lowest BCUT2D eigenvalue weighted by Crippen LogP contribution is -2.31. The van der Waals surface area contributed by atoms with Crippen LogP contribution in [0.25, 0.3) is 0 Å². The van der Waals surface area contributed by atoms with Crippen molar-refractivity contribution in [3.05, 3.63) is 48.0 Å². The molecule has 0 unspecified atom stereocenters. The van der Waals surface area contributed by atoms with E-state index >= 15 is 0 Å². The van der Waals surface area contributed by atoms with Crippen LogP contribution in [0, 0.1) is 0 Å². The number of carbonyl (C=O) groups excluding carboxylic acids is 1. The Balaban J connectivity index is 1.57. The molecule has 0 saturated carbocycles. The Kier molecular flexibility index (Phi) is 5.47. The molecule has 1 fully saturated rings. The number of aromatic amines is 1. The number of carbonyl (C=O) groups is 1. The molecule has 134 valence electrons. The van der Waals surface area contributed by atoms with Crippen LogP contribution >= 0.6 is 0 Å². The fourth-order valence-electron chi connectivity index (χ4n) is 2.54. The predicted octanol–water partition coefficient (Wildman–Crippen LogP) is 0.797. The van der Waals surface area contributed by atoms with Gasteiger partial charge in [-0.25, -0.2) is 18.1 Å². The minimum atomic E-state index is -3.67. The van der Waals surface area contributed by atoms with Crippen LogP contribution in [0.4, 0.5) is 0 Å². The van der Waals surface area contributed by atoms with Crippen molar-refractivity contribution in [3.8, 4) is 0 Å². The Morgan fingerprint density at radius 3 is 2.76 bits per heavy atom. The first kappa shape index (κ1) is 17.6. The number of nitrogens with one attached hydrogen (secondary N) is 3. The van der Waals surface area contributed by atoms with E-state index in [0.717, 1.165) is 19.4 Å². The summed E-state index contributed by atoms with van der Waals surface area (Å²) >= 11 is 0. The highest BCUT2D eigenvalue weighted by Gasteiger charge is 2.18. The number of aromatic nitrogens is 2. The molecule has 1 aliphatic rings. The van der Waals surface area contributed by atoms with Crippen LogP contribution in [0.1, 0.15) is 29.0 Å². The molecule has 25 heavy (non-hydrogen) atoms. The zero-order valence-electron chi connectivity index (χ0n) is 13.6. The van der Waals surface area contributed by atoms with Gasteiger partial charge in [-0.2, -0.15) is 0 Å². The summed E-state index contributed by atoms with van der Waals surface area (Å²) in [7, 11) is -3.67.